The molecule has 0 amide bonds. The summed E-state index contributed by atoms with van der Waals surface area (Å²) in [5, 5.41) is 0. The Balaban J connectivity index is -0.0000000655. The van der Waals surface area contributed by atoms with Gasteiger partial charge >= 0.3 is 36.9 Å². The average Bonchev–Trinajstić information content (AvgIpc) is 1.41. The van der Waals surface area contributed by atoms with Crippen LogP contribution in [0.5, 0.6) is 0 Å². The summed E-state index contributed by atoms with van der Waals surface area (Å²) < 4.78 is 0. The van der Waals surface area contributed by atoms with E-state index >= 15 is 0 Å². The first-order chi connectivity index (χ1) is 6.00. The van der Waals surface area contributed by atoms with E-state index in [1.54, 1.807) is 0 Å². The van der Waals surface area contributed by atoms with Gasteiger partial charge in [0.05, 0.1) is 0 Å². The van der Waals surface area contributed by atoms with Crippen LogP contribution in [0.15, 0.2) is 0 Å². The Labute approximate surface area is 138 Å². The largest absolute Gasteiger partial charge is 3.00 e. The average molecular weight is 431 g/mol. The van der Waals surface area contributed by atoms with Gasteiger partial charge in [-0.1, -0.05) is 58.9 Å². The van der Waals surface area contributed by atoms with Crippen molar-refractivity contribution in [3.63, 3.8) is 0 Å². The normalized spacial score (nSPS) is 11.2. The molecule has 0 rings (SSSR count). The summed E-state index contributed by atoms with van der Waals surface area (Å²) in [6, 6.07) is 0. The van der Waals surface area contributed by atoms with Gasteiger partial charge < -0.3 is 19.6 Å². The third kappa shape index (κ3) is 991. The Morgan fingerprint density at radius 3 is 0.438 bits per heavy atom. The van der Waals surface area contributed by atoms with Crippen LogP contribution < -0.4 is 0 Å². The van der Waals surface area contributed by atoms with Gasteiger partial charge in [-0.05, 0) is 0 Å². The van der Waals surface area contributed by atoms with Crippen LogP contribution in [0, 0.1) is 56.5 Å². The van der Waals surface area contributed by atoms with Crippen LogP contribution in [0.1, 0.15) is 0 Å². The Bertz CT molecular complexity index is 91.3. The maximum absolute atomic E-state index is 3.91. The van der Waals surface area contributed by atoms with E-state index in [-0.39, 0.29) is 36.9 Å². The predicted molar refractivity (Wildman–Crippen MR) is 86.1 cm³/mol. The van der Waals surface area contributed by atoms with Crippen LogP contribution in [0.25, 0.3) is 0 Å². The minimum Gasteiger partial charge on any atom is -0.342 e. The molecule has 0 atom stereocenters. The topological polar surface area (TPSA) is 0 Å². The third-order valence-electron chi connectivity index (χ3n) is 0. The Morgan fingerprint density at radius 1 is 0.438 bits per heavy atom. The van der Waals surface area contributed by atoms with Crippen LogP contribution in [-0.4, -0.2) is 24.2 Å². The van der Waals surface area contributed by atoms with Gasteiger partial charge in [0.1, 0.15) is 0 Å². The molecule has 0 aromatic rings. The van der Waals surface area contributed by atoms with Crippen molar-refractivity contribution < 1.29 is 36.9 Å². The van der Waals surface area contributed by atoms with Gasteiger partial charge in [-0.15, -0.1) is 24.2 Å². The smallest absolute Gasteiger partial charge is 0.342 e. The van der Waals surface area contributed by atoms with Gasteiger partial charge in [-0.3, -0.25) is 0 Å². The summed E-state index contributed by atoms with van der Waals surface area (Å²) in [6.45, 7) is 31.7. The molecule has 0 aliphatic rings. The molecule has 0 saturated heterocycles. The molecule has 0 radical (unpaired) electrons. The molecule has 4 heteroatoms. The summed E-state index contributed by atoms with van der Waals surface area (Å²) >= 11 is 0. The van der Waals surface area contributed by atoms with Crippen LogP contribution in [0.4, 0.5) is 0 Å². The van der Waals surface area contributed by atoms with Gasteiger partial charge in [-0.25, -0.2) is 0 Å². The Kier molecular flexibility index (Phi) is 17.8. The van der Waals surface area contributed by atoms with Crippen LogP contribution in [-0.2, 0) is 0 Å². The molecule has 16 heavy (non-hydrogen) atoms. The van der Waals surface area contributed by atoms with Gasteiger partial charge in [0.15, 0.2) is 0 Å². The molecule has 0 spiro atoms. The van der Waals surface area contributed by atoms with Crippen molar-refractivity contribution in [1.82, 2.24) is 0 Å². The summed E-state index contributed by atoms with van der Waals surface area (Å²) in [7, 11) is -2.58. The predicted octanol–water partition coefficient (Wildman–Crippen LogP) is 5.09. The van der Waals surface area contributed by atoms with E-state index in [4.69, 9.17) is 0 Å². The summed E-state index contributed by atoms with van der Waals surface area (Å²) in [5.74, 6) is 0. The molecule has 0 bridgehead atoms. The number of rotatable bonds is 0. The molecule has 0 aliphatic heterocycles. The molecule has 0 nitrogen and oxygen atoms in total. The zero-order chi connectivity index (χ0) is 13.5. The SMILES string of the molecule is [CH2-][Si](C)(C)C.[CH2-][Si](C)(C)C.[CH2-][Si](C)(C)C.[Tm+3]. The molecular weight excluding hydrogens is 397 g/mol. The summed E-state index contributed by atoms with van der Waals surface area (Å²) in [6.07, 6.45) is 0. The molecule has 0 aliphatic carbocycles. The second-order valence-electron chi connectivity index (χ2n) is 7.68. The maximum Gasteiger partial charge on any atom is 3.00 e. The van der Waals surface area contributed by atoms with Crippen molar-refractivity contribution in [2.24, 2.45) is 0 Å². The summed E-state index contributed by atoms with van der Waals surface area (Å²) in [4.78, 5) is 0. The van der Waals surface area contributed by atoms with Crippen molar-refractivity contribution >= 4 is 24.2 Å². The van der Waals surface area contributed by atoms with Crippen molar-refractivity contribution in [2.45, 2.75) is 58.9 Å². The molecule has 0 unspecified atom stereocenters. The van der Waals surface area contributed by atoms with E-state index in [9.17, 15) is 0 Å². The zero-order valence-corrected chi connectivity index (χ0v) is 17.7. The van der Waals surface area contributed by atoms with Crippen molar-refractivity contribution in [1.29, 1.82) is 0 Å². The van der Waals surface area contributed by atoms with Gasteiger partial charge in [0.2, 0.25) is 0 Å². The fourth-order valence-corrected chi connectivity index (χ4v) is 0. The first-order valence-corrected chi connectivity index (χ1v) is 16.7. The number of hydrogen-bond acceptors (Lipinski definition) is 0. The summed E-state index contributed by atoms with van der Waals surface area (Å²) in [5.41, 5.74) is 0. The fraction of sp³-hybridized carbons (Fsp3) is 0.750. The van der Waals surface area contributed by atoms with E-state index in [1.807, 2.05) is 0 Å². The van der Waals surface area contributed by atoms with Crippen molar-refractivity contribution in [3.8, 4) is 0 Å². The van der Waals surface area contributed by atoms with Crippen LogP contribution >= 0.6 is 0 Å². The second-order valence-corrected chi connectivity index (χ2v) is 23.0. The van der Waals surface area contributed by atoms with Crippen LogP contribution in [0.3, 0.4) is 0 Å². The van der Waals surface area contributed by atoms with E-state index in [0.29, 0.717) is 0 Å². The molecule has 0 aromatic heterocycles. The standard InChI is InChI=1S/3C4H11Si.Tm/c3*1-5(2,3)4;/h3*1H2,2-4H3;/q3*-1;+3. The molecule has 0 heterocycles. The monoisotopic (exact) mass is 430 g/mol. The molecule has 106 valence electrons. The molecular formula is C12H33Si3Tm. The quantitative estimate of drug-likeness (QED) is 0.371. The second kappa shape index (κ2) is 10.8. The van der Waals surface area contributed by atoms with E-state index in [2.05, 4.69) is 78.6 Å². The Hall–Kier alpha value is 1.88. The van der Waals surface area contributed by atoms with Crippen molar-refractivity contribution in [2.75, 3.05) is 0 Å². The van der Waals surface area contributed by atoms with Crippen LogP contribution in [0.2, 0.25) is 58.9 Å². The molecule has 0 fully saturated rings. The van der Waals surface area contributed by atoms with Gasteiger partial charge in [-0.2, -0.15) is 0 Å². The minimum atomic E-state index is -0.861. The molecule has 0 saturated carbocycles. The van der Waals surface area contributed by atoms with Gasteiger partial charge in [0, 0.05) is 0 Å². The van der Waals surface area contributed by atoms with E-state index in [1.165, 1.54) is 0 Å². The Morgan fingerprint density at radius 2 is 0.438 bits per heavy atom. The fourth-order valence-electron chi connectivity index (χ4n) is 0. The number of hydrogen-bond donors (Lipinski definition) is 0. The first kappa shape index (κ1) is 26.4. The minimum absolute atomic E-state index is 0. The zero-order valence-electron chi connectivity index (χ0n) is 12.9. The van der Waals surface area contributed by atoms with Crippen molar-refractivity contribution in [3.05, 3.63) is 19.6 Å². The first-order valence-electron chi connectivity index (χ1n) is 5.56. The molecule has 0 N–H and O–H groups in total. The van der Waals surface area contributed by atoms with E-state index in [0.717, 1.165) is 0 Å². The van der Waals surface area contributed by atoms with E-state index < -0.39 is 24.2 Å². The molecule has 0 aromatic carbocycles. The maximum atomic E-state index is 3.91. The third-order valence-corrected chi connectivity index (χ3v) is 0. The van der Waals surface area contributed by atoms with Gasteiger partial charge in [0.25, 0.3) is 0 Å².